The number of carbonyl (C=O) groups excluding carboxylic acids is 1. The molecule has 0 unspecified atom stereocenters. The van der Waals surface area contributed by atoms with Crippen molar-refractivity contribution in [2.45, 2.75) is 255 Å². The van der Waals surface area contributed by atoms with Crippen molar-refractivity contribution >= 4 is 5.97 Å². The predicted molar refractivity (Wildman–Crippen MR) is 255 cm³/mol. The number of carbonyl (C=O) groups is 1. The molecule has 424 valence electrons. The number of esters is 1. The molecule has 4 saturated heterocycles. The van der Waals surface area contributed by atoms with Crippen LogP contribution in [0.5, 0.6) is 0 Å². The van der Waals surface area contributed by atoms with Crippen molar-refractivity contribution in [3.8, 4) is 0 Å². The van der Waals surface area contributed by atoms with Gasteiger partial charge in [-0.15, -0.1) is 0 Å². The van der Waals surface area contributed by atoms with Gasteiger partial charge in [0.05, 0.1) is 36.9 Å². The Labute approximate surface area is 433 Å². The van der Waals surface area contributed by atoms with Crippen LogP contribution in [0.3, 0.4) is 0 Å². The lowest BCUT2D eigenvalue weighted by Gasteiger charge is -2.67. The van der Waals surface area contributed by atoms with E-state index in [2.05, 4.69) is 41.5 Å². The Balaban J connectivity index is 0.883. The van der Waals surface area contributed by atoms with E-state index in [9.17, 15) is 66.1 Å². The van der Waals surface area contributed by atoms with E-state index in [1.807, 2.05) is 0 Å². The Kier molecular flexibility index (Phi) is 16.1. The predicted octanol–water partition coefficient (Wildman–Crippen LogP) is -0.226. The first-order chi connectivity index (χ1) is 34.6. The van der Waals surface area contributed by atoms with Crippen LogP contribution in [-0.4, -0.2) is 209 Å². The number of aliphatic hydroxyl groups is 12. The van der Waals surface area contributed by atoms with Gasteiger partial charge in [0.25, 0.3) is 0 Å². The molecule has 9 rings (SSSR count). The number of aliphatic hydroxyl groups excluding tert-OH is 12. The normalized spacial score (nSPS) is 53.2. The molecule has 21 heteroatoms. The second kappa shape index (κ2) is 20.8. The van der Waals surface area contributed by atoms with Gasteiger partial charge < -0.3 is 99.2 Å². The highest BCUT2D eigenvalue weighted by molar-refractivity contribution is 5.79. The summed E-state index contributed by atoms with van der Waals surface area (Å²) in [4.78, 5) is 14.9. The van der Waals surface area contributed by atoms with Gasteiger partial charge in [0, 0.05) is 0 Å². The second-order valence-electron chi connectivity index (χ2n) is 25.6. The number of hydrogen-bond acceptors (Lipinski definition) is 21. The van der Waals surface area contributed by atoms with Gasteiger partial charge in [-0.2, -0.15) is 0 Å². The van der Waals surface area contributed by atoms with E-state index >= 15 is 0 Å². The van der Waals surface area contributed by atoms with Gasteiger partial charge in [0.15, 0.2) is 18.9 Å². The third kappa shape index (κ3) is 9.57. The smallest absolute Gasteiger partial charge is 0.315 e. The van der Waals surface area contributed by atoms with Crippen LogP contribution in [-0.2, 0) is 42.7 Å². The maximum Gasteiger partial charge on any atom is 0.315 e. The van der Waals surface area contributed by atoms with Crippen molar-refractivity contribution in [2.24, 2.45) is 44.8 Å². The van der Waals surface area contributed by atoms with E-state index < -0.39 is 147 Å². The van der Waals surface area contributed by atoms with Crippen molar-refractivity contribution in [3.63, 3.8) is 0 Å². The lowest BCUT2D eigenvalue weighted by molar-refractivity contribution is -0.362. The van der Waals surface area contributed by atoms with Gasteiger partial charge in [0.1, 0.15) is 85.5 Å². The first-order valence-corrected chi connectivity index (χ1v) is 27.2. The highest BCUT2D eigenvalue weighted by Gasteiger charge is 2.66. The average Bonchev–Trinajstić information content (AvgIpc) is 3.35. The molecule has 0 bridgehead atoms. The van der Waals surface area contributed by atoms with Crippen LogP contribution in [0.2, 0.25) is 0 Å². The molecule has 0 amide bonds. The molecule has 0 spiro atoms. The fourth-order valence-electron chi connectivity index (χ4n) is 16.0. The number of allylic oxidation sites excluding steroid dienone is 2. The molecular weight excluding hydrogens is 973 g/mol. The Morgan fingerprint density at radius 3 is 1.85 bits per heavy atom. The zero-order valence-corrected chi connectivity index (χ0v) is 44.1. The van der Waals surface area contributed by atoms with Crippen LogP contribution in [0, 0.1) is 44.8 Å². The lowest BCUT2D eigenvalue weighted by Crippen LogP contribution is -2.64. The van der Waals surface area contributed by atoms with Gasteiger partial charge in [-0.05, 0) is 124 Å². The molecule has 0 aromatic heterocycles. The molecule has 0 aromatic rings. The molecule has 27 atom stereocenters. The molecule has 0 aromatic carbocycles. The van der Waals surface area contributed by atoms with E-state index in [1.54, 1.807) is 6.92 Å². The molecule has 74 heavy (non-hydrogen) atoms. The minimum atomic E-state index is -1.81. The monoisotopic (exact) mass is 1060 g/mol. The number of hydrogen-bond donors (Lipinski definition) is 12. The fraction of sp³-hybridized carbons (Fsp3) is 0.943. The molecule has 5 aliphatic carbocycles. The van der Waals surface area contributed by atoms with E-state index in [1.165, 1.54) is 18.1 Å². The first kappa shape index (κ1) is 57.1. The van der Waals surface area contributed by atoms with Crippen LogP contribution in [0.25, 0.3) is 0 Å². The zero-order valence-electron chi connectivity index (χ0n) is 44.1. The third-order valence-electron chi connectivity index (χ3n) is 20.4. The number of fused-ring (bicyclic) bond motifs is 6. The summed E-state index contributed by atoms with van der Waals surface area (Å²) in [6.07, 6.45) is -21.1. The average molecular weight is 1060 g/mol. The van der Waals surface area contributed by atoms with Gasteiger partial charge in [0.2, 0.25) is 6.29 Å². The van der Waals surface area contributed by atoms with Gasteiger partial charge >= 0.3 is 5.97 Å². The van der Waals surface area contributed by atoms with Crippen molar-refractivity contribution in [3.05, 3.63) is 11.1 Å². The lowest BCUT2D eigenvalue weighted by atomic mass is 9.38. The summed E-state index contributed by atoms with van der Waals surface area (Å²) in [7, 11) is 0. The highest BCUT2D eigenvalue weighted by Crippen LogP contribution is 2.72. The van der Waals surface area contributed by atoms with Crippen LogP contribution in [0.4, 0.5) is 0 Å². The topological polar surface area (TPSA) is 334 Å². The maximum absolute atomic E-state index is 14.9. The van der Waals surface area contributed by atoms with E-state index in [0.717, 1.165) is 44.9 Å². The van der Waals surface area contributed by atoms with Crippen LogP contribution < -0.4 is 0 Å². The quantitative estimate of drug-likeness (QED) is 0.0764. The number of ether oxygens (including phenoxy) is 8. The standard InChI is InChI=1S/C53H86O21/c1-22-32(55)35(58)40(63)46(68-22)73-43-23(2)69-45(42(65)38(43)61)72-31-13-15-52(8)29(50(31,5)6)12-14-51(7)25-11-16-53(18-17-49(3,4)19-26(53)24(25)9-10-30(51)52)48(66)74-47-41(64)37(60)34(57)28(71-47)21-67-44-39(62)36(59)33(56)27(20-54)70-44/h22-23,26-47,54-65H,9-21H2,1-8H3/t22-,23-,26-,27-,28-,29-,30-,31+,32-,33-,34-,35+,36+,37+,38-,39-,40-,41-,42-,43-,44-,45+,46+,47+,51-,52-,53-/m0/s1. The van der Waals surface area contributed by atoms with Crippen LogP contribution in [0.15, 0.2) is 11.1 Å². The molecular formula is C53H86O21. The molecule has 4 aliphatic heterocycles. The summed E-state index contributed by atoms with van der Waals surface area (Å²) >= 11 is 0. The van der Waals surface area contributed by atoms with Crippen molar-refractivity contribution in [1.29, 1.82) is 0 Å². The Morgan fingerprint density at radius 1 is 0.568 bits per heavy atom. The third-order valence-corrected chi connectivity index (χ3v) is 20.4. The Morgan fingerprint density at radius 2 is 1.16 bits per heavy atom. The summed E-state index contributed by atoms with van der Waals surface area (Å²) in [6, 6.07) is 0. The summed E-state index contributed by atoms with van der Waals surface area (Å²) in [5.41, 5.74) is 1.09. The summed E-state index contributed by atoms with van der Waals surface area (Å²) < 4.78 is 47.6. The molecule has 9 aliphatic rings. The maximum atomic E-state index is 14.9. The largest absolute Gasteiger partial charge is 0.432 e. The summed E-state index contributed by atoms with van der Waals surface area (Å²) in [5, 5.41) is 128. The Hall–Kier alpha value is -1.55. The molecule has 4 heterocycles. The van der Waals surface area contributed by atoms with E-state index in [0.29, 0.717) is 31.6 Å². The van der Waals surface area contributed by atoms with Gasteiger partial charge in [-0.3, -0.25) is 4.79 Å². The summed E-state index contributed by atoms with van der Waals surface area (Å²) in [6.45, 7) is 15.7. The molecule has 0 radical (unpaired) electrons. The molecule has 12 N–H and O–H groups in total. The van der Waals surface area contributed by atoms with E-state index in [-0.39, 0.29) is 39.6 Å². The van der Waals surface area contributed by atoms with Crippen molar-refractivity contribution in [1.82, 2.24) is 0 Å². The van der Waals surface area contributed by atoms with E-state index in [4.69, 9.17) is 37.9 Å². The number of rotatable bonds is 10. The molecule has 7 fully saturated rings. The minimum Gasteiger partial charge on any atom is -0.432 e. The molecule has 21 nitrogen and oxygen atoms in total. The highest BCUT2D eigenvalue weighted by atomic mass is 16.8. The van der Waals surface area contributed by atoms with Gasteiger partial charge in [-0.1, -0.05) is 52.7 Å². The first-order valence-electron chi connectivity index (χ1n) is 27.2. The summed E-state index contributed by atoms with van der Waals surface area (Å²) in [5.74, 6) is -0.144. The minimum absolute atomic E-state index is 0.0852. The van der Waals surface area contributed by atoms with Crippen molar-refractivity contribution < 1.29 is 104 Å². The van der Waals surface area contributed by atoms with Crippen molar-refractivity contribution in [2.75, 3.05) is 13.2 Å². The SMILES string of the molecule is C[C@@H]1O[C@H](O[C@@H]2[C@@H](O)[C@H](O)[C@@H](O[C@@H]3CC[C@]4(C)[C@H]5CCC6=C(CC[C@]7(C(=O)O[C@H]8O[C@@H](CO[C@H]9O[C@@H](CO)[C@H](O)[C@@H](O)[C@@H]9O)[C@H](O)[C@@H](O)[C@@H]8O)CCC(C)(C)C[C@@H]67)[C@]5(C)CC[C@H]4C3(C)C)O[C@H]2C)[C@@H](O)[C@H](O)[C@H]1O. The second-order valence-corrected chi connectivity index (χ2v) is 25.6. The fourth-order valence-corrected chi connectivity index (χ4v) is 16.0. The Bertz CT molecular complexity index is 2040. The van der Waals surface area contributed by atoms with Crippen LogP contribution >= 0.6 is 0 Å². The van der Waals surface area contributed by atoms with Gasteiger partial charge in [-0.25, -0.2) is 0 Å². The zero-order chi connectivity index (χ0) is 53.9. The van der Waals surface area contributed by atoms with Crippen LogP contribution in [0.1, 0.15) is 126 Å². The molecule has 3 saturated carbocycles.